The van der Waals surface area contributed by atoms with Crippen LogP contribution in [0.15, 0.2) is 23.6 Å². The number of anilines is 2. The van der Waals surface area contributed by atoms with Gasteiger partial charge in [0.05, 0.1) is 11.3 Å². The molecule has 2 aromatic rings. The Kier molecular flexibility index (Phi) is 3.54. The molecule has 0 saturated heterocycles. The van der Waals surface area contributed by atoms with Crippen molar-refractivity contribution in [2.24, 2.45) is 0 Å². The third-order valence-electron chi connectivity index (χ3n) is 2.61. The van der Waals surface area contributed by atoms with Crippen molar-refractivity contribution in [1.82, 2.24) is 4.98 Å². The maximum atomic E-state index is 13.5. The molecule has 0 fully saturated rings. The monoisotopic (exact) mass is 275 g/mol. The highest BCUT2D eigenvalue weighted by atomic mass is 32.1. The molecular weight excluding hydrogens is 261 g/mol. The zero-order valence-electron chi connectivity index (χ0n) is 11.0. The summed E-state index contributed by atoms with van der Waals surface area (Å²) < 4.78 is 13.5. The third-order valence-corrected chi connectivity index (χ3v) is 3.37. The quantitative estimate of drug-likeness (QED) is 0.893. The Bertz CT molecular complexity index is 635. The van der Waals surface area contributed by atoms with Crippen molar-refractivity contribution in [3.63, 3.8) is 0 Å². The summed E-state index contributed by atoms with van der Waals surface area (Å²) >= 11 is 1.48. The predicted molar refractivity (Wildman–Crippen MR) is 75.2 cm³/mol. The maximum absolute atomic E-state index is 13.5. The lowest BCUT2D eigenvalue weighted by Crippen LogP contribution is -2.11. The van der Waals surface area contributed by atoms with Gasteiger partial charge in [0, 0.05) is 16.5 Å². The molecule has 5 heteroatoms. The minimum Gasteiger partial charge on any atom is -0.331 e. The molecule has 0 spiro atoms. The lowest BCUT2D eigenvalue weighted by molar-refractivity contribution is 0.573. The van der Waals surface area contributed by atoms with E-state index in [1.165, 1.54) is 23.5 Å². The van der Waals surface area contributed by atoms with Crippen LogP contribution in [-0.2, 0) is 5.41 Å². The van der Waals surface area contributed by atoms with E-state index >= 15 is 0 Å². The minimum absolute atomic E-state index is 0.00759. The van der Waals surface area contributed by atoms with Crippen molar-refractivity contribution >= 4 is 22.2 Å². The number of benzene rings is 1. The van der Waals surface area contributed by atoms with Crippen LogP contribution in [-0.4, -0.2) is 4.98 Å². The first-order valence-electron chi connectivity index (χ1n) is 5.83. The van der Waals surface area contributed by atoms with Crippen LogP contribution < -0.4 is 5.32 Å². The molecule has 0 atom stereocenters. The zero-order chi connectivity index (χ0) is 14.0. The standard InChI is InChI=1S/C14H14FN3S/c1-14(2,3)12-8-19-13(18-12)17-10-5-4-9(7-16)11(15)6-10/h4-6,8H,1-3H3,(H,17,18). The van der Waals surface area contributed by atoms with E-state index in [-0.39, 0.29) is 11.0 Å². The van der Waals surface area contributed by atoms with E-state index in [9.17, 15) is 4.39 Å². The molecule has 0 amide bonds. The summed E-state index contributed by atoms with van der Waals surface area (Å²) in [6.07, 6.45) is 0. The van der Waals surface area contributed by atoms with Crippen LogP contribution in [0.4, 0.5) is 15.2 Å². The molecule has 0 aliphatic heterocycles. The Morgan fingerprint density at radius 2 is 2.11 bits per heavy atom. The van der Waals surface area contributed by atoms with Gasteiger partial charge >= 0.3 is 0 Å². The van der Waals surface area contributed by atoms with Gasteiger partial charge in [0.25, 0.3) is 0 Å². The van der Waals surface area contributed by atoms with Gasteiger partial charge in [0.2, 0.25) is 0 Å². The van der Waals surface area contributed by atoms with Gasteiger partial charge in [0.1, 0.15) is 11.9 Å². The third kappa shape index (κ3) is 3.09. The summed E-state index contributed by atoms with van der Waals surface area (Å²) in [5.41, 5.74) is 1.62. The number of thiazole rings is 1. The first-order valence-corrected chi connectivity index (χ1v) is 6.71. The molecule has 1 N–H and O–H groups in total. The van der Waals surface area contributed by atoms with Crippen LogP contribution >= 0.6 is 11.3 Å². The molecule has 0 aliphatic carbocycles. The molecule has 0 aliphatic rings. The lowest BCUT2D eigenvalue weighted by atomic mass is 9.93. The van der Waals surface area contributed by atoms with E-state index in [0.29, 0.717) is 10.8 Å². The highest BCUT2D eigenvalue weighted by molar-refractivity contribution is 7.13. The molecule has 0 unspecified atom stereocenters. The average molecular weight is 275 g/mol. The summed E-state index contributed by atoms with van der Waals surface area (Å²) in [5, 5.41) is 14.4. The van der Waals surface area contributed by atoms with Crippen molar-refractivity contribution in [2.75, 3.05) is 5.32 Å². The maximum Gasteiger partial charge on any atom is 0.187 e. The van der Waals surface area contributed by atoms with E-state index in [0.717, 1.165) is 5.69 Å². The van der Waals surface area contributed by atoms with Crippen LogP contribution in [0.2, 0.25) is 0 Å². The Hall–Kier alpha value is -1.93. The summed E-state index contributed by atoms with van der Waals surface area (Å²) in [6.45, 7) is 6.27. The summed E-state index contributed by atoms with van der Waals surface area (Å²) in [6, 6.07) is 6.22. The molecule has 2 rings (SSSR count). The van der Waals surface area contributed by atoms with E-state index in [1.54, 1.807) is 12.1 Å². The molecule has 19 heavy (non-hydrogen) atoms. The SMILES string of the molecule is CC(C)(C)c1csc(Nc2ccc(C#N)c(F)c2)n1. The fraction of sp³-hybridized carbons (Fsp3) is 0.286. The molecule has 1 heterocycles. The van der Waals surface area contributed by atoms with Gasteiger partial charge < -0.3 is 5.32 Å². The highest BCUT2D eigenvalue weighted by Crippen LogP contribution is 2.28. The predicted octanol–water partition coefficient (Wildman–Crippen LogP) is 4.19. The van der Waals surface area contributed by atoms with Gasteiger partial charge in [-0.25, -0.2) is 9.37 Å². The molecule has 1 aromatic carbocycles. The summed E-state index contributed by atoms with van der Waals surface area (Å²) in [4.78, 5) is 4.47. The molecule has 0 bridgehead atoms. The van der Waals surface area contributed by atoms with Crippen LogP contribution in [0.3, 0.4) is 0 Å². The number of nitrogens with one attached hydrogen (secondary N) is 1. The number of nitrogens with zero attached hydrogens (tertiary/aromatic N) is 2. The second kappa shape index (κ2) is 4.98. The van der Waals surface area contributed by atoms with Crippen molar-refractivity contribution in [3.05, 3.63) is 40.7 Å². The van der Waals surface area contributed by atoms with Crippen LogP contribution in [0.5, 0.6) is 0 Å². The molecular formula is C14H14FN3S. The molecule has 3 nitrogen and oxygen atoms in total. The van der Waals surface area contributed by atoms with E-state index in [2.05, 4.69) is 31.1 Å². The molecule has 98 valence electrons. The van der Waals surface area contributed by atoms with Crippen molar-refractivity contribution < 1.29 is 4.39 Å². The first kappa shape index (κ1) is 13.5. The Balaban J connectivity index is 2.20. The number of rotatable bonds is 2. The fourth-order valence-electron chi connectivity index (χ4n) is 1.48. The second-order valence-electron chi connectivity index (χ2n) is 5.22. The second-order valence-corrected chi connectivity index (χ2v) is 6.08. The summed E-state index contributed by atoms with van der Waals surface area (Å²) in [5.74, 6) is -0.528. The largest absolute Gasteiger partial charge is 0.331 e. The average Bonchev–Trinajstić information content (AvgIpc) is 2.77. The van der Waals surface area contributed by atoms with Crippen molar-refractivity contribution in [2.45, 2.75) is 26.2 Å². The molecule has 0 radical (unpaired) electrons. The van der Waals surface area contributed by atoms with Gasteiger partial charge in [-0.3, -0.25) is 0 Å². The normalized spacial score (nSPS) is 11.1. The Morgan fingerprint density at radius 1 is 1.37 bits per heavy atom. The molecule has 0 saturated carbocycles. The van der Waals surface area contributed by atoms with Crippen LogP contribution in [0.25, 0.3) is 0 Å². The topological polar surface area (TPSA) is 48.7 Å². The Labute approximate surface area is 115 Å². The van der Waals surface area contributed by atoms with Gasteiger partial charge in [0.15, 0.2) is 5.13 Å². The van der Waals surface area contributed by atoms with E-state index in [1.807, 2.05) is 5.38 Å². The molecule has 1 aromatic heterocycles. The Morgan fingerprint density at radius 3 is 2.63 bits per heavy atom. The minimum atomic E-state index is -0.528. The van der Waals surface area contributed by atoms with Crippen LogP contribution in [0.1, 0.15) is 32.0 Å². The summed E-state index contributed by atoms with van der Waals surface area (Å²) in [7, 11) is 0. The van der Waals surface area contributed by atoms with Gasteiger partial charge in [-0.2, -0.15) is 5.26 Å². The van der Waals surface area contributed by atoms with Crippen LogP contribution in [0, 0.1) is 17.1 Å². The smallest absolute Gasteiger partial charge is 0.187 e. The fourth-order valence-corrected chi connectivity index (χ4v) is 2.44. The number of hydrogen-bond acceptors (Lipinski definition) is 4. The lowest BCUT2D eigenvalue weighted by Gasteiger charge is -2.14. The van der Waals surface area contributed by atoms with E-state index in [4.69, 9.17) is 5.26 Å². The van der Waals surface area contributed by atoms with Gasteiger partial charge in [-0.15, -0.1) is 11.3 Å². The first-order chi connectivity index (χ1) is 8.90. The number of aromatic nitrogens is 1. The van der Waals surface area contributed by atoms with Gasteiger partial charge in [-0.05, 0) is 18.2 Å². The van der Waals surface area contributed by atoms with E-state index < -0.39 is 5.82 Å². The zero-order valence-corrected chi connectivity index (χ0v) is 11.8. The van der Waals surface area contributed by atoms with Crippen molar-refractivity contribution in [3.8, 4) is 6.07 Å². The highest BCUT2D eigenvalue weighted by Gasteiger charge is 2.17. The number of hydrogen-bond donors (Lipinski definition) is 1. The van der Waals surface area contributed by atoms with Gasteiger partial charge in [-0.1, -0.05) is 20.8 Å². The number of halogens is 1. The number of nitriles is 1. The van der Waals surface area contributed by atoms with Crippen molar-refractivity contribution in [1.29, 1.82) is 5.26 Å².